The molecule has 0 aromatic heterocycles. The molecule has 1 fully saturated rings. The van der Waals surface area contributed by atoms with Gasteiger partial charge in [0.05, 0.1) is 6.61 Å². The topological polar surface area (TPSA) is 96.7 Å². The van der Waals surface area contributed by atoms with Crippen molar-refractivity contribution < 1.29 is 14.3 Å². The molecule has 2 aliphatic heterocycles. The van der Waals surface area contributed by atoms with E-state index in [4.69, 9.17) is 10.5 Å². The van der Waals surface area contributed by atoms with Crippen LogP contribution in [0.15, 0.2) is 53.3 Å². The number of hydrogen-bond donors (Lipinski definition) is 3. The number of hydrogen-bond acceptors (Lipinski definition) is 5. The van der Waals surface area contributed by atoms with E-state index in [0.29, 0.717) is 24.5 Å². The van der Waals surface area contributed by atoms with Crippen LogP contribution in [0.4, 0.5) is 0 Å². The zero-order chi connectivity index (χ0) is 21.8. The van der Waals surface area contributed by atoms with E-state index in [9.17, 15) is 9.59 Å². The van der Waals surface area contributed by atoms with E-state index < -0.39 is 11.3 Å². The van der Waals surface area contributed by atoms with Crippen molar-refractivity contribution in [2.75, 3.05) is 45.9 Å². The molecule has 0 spiro atoms. The molecule has 0 radical (unpaired) electrons. The first-order valence-corrected chi connectivity index (χ1v) is 11.1. The van der Waals surface area contributed by atoms with Crippen LogP contribution in [0.1, 0.15) is 31.2 Å². The summed E-state index contributed by atoms with van der Waals surface area (Å²) >= 11 is 0. The van der Waals surface area contributed by atoms with Gasteiger partial charge in [-0.05, 0) is 37.9 Å². The van der Waals surface area contributed by atoms with Crippen molar-refractivity contribution in [3.8, 4) is 0 Å². The second kappa shape index (κ2) is 9.24. The van der Waals surface area contributed by atoms with Gasteiger partial charge in [0.25, 0.3) is 0 Å². The maximum atomic E-state index is 13.0. The highest BCUT2D eigenvalue weighted by molar-refractivity contribution is 5.97. The zero-order valence-electron chi connectivity index (χ0n) is 18.2. The SMILES string of the molecule is CC1(C(N)=O)CC(C(=O)NCCCN2CCNCC2)=CC2=C1OCC2c1ccccc1. The van der Waals surface area contributed by atoms with Gasteiger partial charge in [0.2, 0.25) is 11.8 Å². The van der Waals surface area contributed by atoms with Crippen molar-refractivity contribution in [1.29, 1.82) is 0 Å². The lowest BCUT2D eigenvalue weighted by Crippen LogP contribution is -2.44. The molecule has 1 aliphatic carbocycles. The molecule has 31 heavy (non-hydrogen) atoms. The van der Waals surface area contributed by atoms with Gasteiger partial charge in [-0.25, -0.2) is 0 Å². The Morgan fingerprint density at radius 2 is 2.00 bits per heavy atom. The third-order valence-electron chi connectivity index (χ3n) is 6.59. The predicted molar refractivity (Wildman–Crippen MR) is 119 cm³/mol. The fraction of sp³-hybridized carbons (Fsp3) is 0.500. The van der Waals surface area contributed by atoms with Crippen LogP contribution in [0, 0.1) is 5.41 Å². The monoisotopic (exact) mass is 424 g/mol. The van der Waals surface area contributed by atoms with E-state index in [1.54, 1.807) is 6.92 Å². The molecule has 4 rings (SSSR count). The Kier molecular flexibility index (Phi) is 6.43. The normalized spacial score (nSPS) is 26.1. The van der Waals surface area contributed by atoms with Crippen LogP contribution >= 0.6 is 0 Å². The largest absolute Gasteiger partial charge is 0.495 e. The molecule has 166 valence electrons. The van der Waals surface area contributed by atoms with Crippen molar-refractivity contribution >= 4 is 11.8 Å². The molecule has 7 heteroatoms. The van der Waals surface area contributed by atoms with Gasteiger partial charge < -0.3 is 26.0 Å². The van der Waals surface area contributed by atoms with Crippen molar-refractivity contribution in [2.24, 2.45) is 11.1 Å². The number of ether oxygens (including phenoxy) is 1. The minimum absolute atomic E-state index is 0.00862. The number of carbonyl (C=O) groups is 2. The van der Waals surface area contributed by atoms with E-state index in [-0.39, 0.29) is 18.2 Å². The van der Waals surface area contributed by atoms with Crippen molar-refractivity contribution in [2.45, 2.75) is 25.7 Å². The van der Waals surface area contributed by atoms with E-state index in [1.807, 2.05) is 36.4 Å². The summed E-state index contributed by atoms with van der Waals surface area (Å²) in [4.78, 5) is 27.8. The third-order valence-corrected chi connectivity index (χ3v) is 6.59. The maximum Gasteiger partial charge on any atom is 0.247 e. The molecule has 1 saturated heterocycles. The highest BCUT2D eigenvalue weighted by atomic mass is 16.5. The fourth-order valence-corrected chi connectivity index (χ4v) is 4.70. The molecule has 4 N–H and O–H groups in total. The number of benzene rings is 1. The summed E-state index contributed by atoms with van der Waals surface area (Å²) in [5.74, 6) is 0.0127. The van der Waals surface area contributed by atoms with E-state index >= 15 is 0 Å². The first-order valence-electron chi connectivity index (χ1n) is 11.1. The van der Waals surface area contributed by atoms with Gasteiger partial charge in [0.1, 0.15) is 11.2 Å². The molecule has 0 saturated carbocycles. The van der Waals surface area contributed by atoms with Gasteiger partial charge in [-0.1, -0.05) is 30.3 Å². The van der Waals surface area contributed by atoms with Crippen LogP contribution < -0.4 is 16.4 Å². The van der Waals surface area contributed by atoms with Gasteiger partial charge in [0, 0.05) is 49.8 Å². The van der Waals surface area contributed by atoms with Crippen LogP contribution in [-0.2, 0) is 14.3 Å². The highest BCUT2D eigenvalue weighted by Gasteiger charge is 2.47. The Hall–Kier alpha value is -2.64. The highest BCUT2D eigenvalue weighted by Crippen LogP contribution is 2.49. The fourth-order valence-electron chi connectivity index (χ4n) is 4.70. The minimum Gasteiger partial charge on any atom is -0.495 e. The molecule has 1 aromatic rings. The molecular weight excluding hydrogens is 392 g/mol. The number of rotatable bonds is 7. The van der Waals surface area contributed by atoms with Crippen molar-refractivity contribution in [3.63, 3.8) is 0 Å². The lowest BCUT2D eigenvalue weighted by Gasteiger charge is -2.31. The molecule has 2 atom stereocenters. The zero-order valence-corrected chi connectivity index (χ0v) is 18.2. The van der Waals surface area contributed by atoms with Crippen molar-refractivity contribution in [1.82, 2.24) is 15.5 Å². The summed E-state index contributed by atoms with van der Waals surface area (Å²) < 4.78 is 5.99. The van der Waals surface area contributed by atoms with E-state index in [1.165, 1.54) is 0 Å². The Balaban J connectivity index is 1.47. The average molecular weight is 425 g/mol. The van der Waals surface area contributed by atoms with Crippen LogP contribution in [0.25, 0.3) is 0 Å². The Morgan fingerprint density at radius 3 is 2.71 bits per heavy atom. The van der Waals surface area contributed by atoms with Gasteiger partial charge in [-0.2, -0.15) is 0 Å². The lowest BCUT2D eigenvalue weighted by atomic mass is 9.73. The summed E-state index contributed by atoms with van der Waals surface area (Å²) in [6.07, 6.45) is 3.07. The number of nitrogens with zero attached hydrogens (tertiary/aromatic N) is 1. The number of allylic oxidation sites excluding steroid dienone is 1. The number of nitrogens with one attached hydrogen (secondary N) is 2. The molecule has 0 bridgehead atoms. The molecule has 2 amide bonds. The number of carbonyl (C=O) groups excluding carboxylic acids is 2. The standard InChI is InChI=1S/C24H32N4O3/c1-24(23(25)30)15-18(22(29)27-8-5-11-28-12-9-26-10-13-28)14-19-20(16-31-21(19)24)17-6-3-2-4-7-17/h2-4,6-7,14,20,26H,5,8-13,15-16H2,1H3,(H2,25,30)(H,27,29). The third kappa shape index (κ3) is 4.52. The van der Waals surface area contributed by atoms with Crippen LogP contribution in [0.2, 0.25) is 0 Å². The molecule has 1 aromatic carbocycles. The first kappa shape index (κ1) is 21.6. The summed E-state index contributed by atoms with van der Waals surface area (Å²) in [5, 5.41) is 6.38. The predicted octanol–water partition coefficient (Wildman–Crippen LogP) is 1.29. The molecule has 2 heterocycles. The van der Waals surface area contributed by atoms with Crippen LogP contribution in [0.5, 0.6) is 0 Å². The Morgan fingerprint density at radius 1 is 1.26 bits per heavy atom. The molecular formula is C24H32N4O3. The second-order valence-corrected chi connectivity index (χ2v) is 8.80. The number of primary amides is 1. The molecule has 2 unspecified atom stereocenters. The maximum absolute atomic E-state index is 13.0. The number of nitrogens with two attached hydrogens (primary N) is 1. The quantitative estimate of drug-likeness (QED) is 0.573. The first-order chi connectivity index (χ1) is 15.0. The van der Waals surface area contributed by atoms with Gasteiger partial charge in [0.15, 0.2) is 0 Å². The van der Waals surface area contributed by atoms with Crippen molar-refractivity contribution in [3.05, 3.63) is 58.9 Å². The number of amides is 2. The second-order valence-electron chi connectivity index (χ2n) is 8.80. The average Bonchev–Trinajstić information content (AvgIpc) is 3.23. The summed E-state index contributed by atoms with van der Waals surface area (Å²) in [7, 11) is 0. The Bertz CT molecular complexity index is 889. The van der Waals surface area contributed by atoms with E-state index in [2.05, 4.69) is 15.5 Å². The van der Waals surface area contributed by atoms with E-state index in [0.717, 1.165) is 50.3 Å². The van der Waals surface area contributed by atoms with Gasteiger partial charge >= 0.3 is 0 Å². The molecule has 3 aliphatic rings. The lowest BCUT2D eigenvalue weighted by molar-refractivity contribution is -0.127. The molecule has 7 nitrogen and oxygen atoms in total. The van der Waals surface area contributed by atoms with Gasteiger partial charge in [-0.15, -0.1) is 0 Å². The van der Waals surface area contributed by atoms with Crippen LogP contribution in [-0.4, -0.2) is 62.6 Å². The minimum atomic E-state index is -1.01. The van der Waals surface area contributed by atoms with Crippen LogP contribution in [0.3, 0.4) is 0 Å². The summed E-state index contributed by atoms with van der Waals surface area (Å²) in [6, 6.07) is 10.0. The summed E-state index contributed by atoms with van der Waals surface area (Å²) in [5.41, 5.74) is 7.36. The Labute approximate surface area is 183 Å². The smallest absolute Gasteiger partial charge is 0.247 e. The van der Waals surface area contributed by atoms with Gasteiger partial charge in [-0.3, -0.25) is 9.59 Å². The summed E-state index contributed by atoms with van der Waals surface area (Å²) in [6.45, 7) is 7.95. The number of piperazine rings is 1.